The largest absolute Gasteiger partial charge is 0.339 e. The van der Waals surface area contributed by atoms with Crippen molar-refractivity contribution in [3.63, 3.8) is 0 Å². The number of nitrogens with zero attached hydrogens (tertiary/aromatic N) is 5. The summed E-state index contributed by atoms with van der Waals surface area (Å²) in [7, 11) is 1.88. The van der Waals surface area contributed by atoms with Crippen LogP contribution in [0.3, 0.4) is 0 Å². The first-order valence-electron chi connectivity index (χ1n) is 10.4. The van der Waals surface area contributed by atoms with Crippen molar-refractivity contribution in [2.45, 2.75) is 25.2 Å². The van der Waals surface area contributed by atoms with Crippen molar-refractivity contribution >= 4 is 16.8 Å². The van der Waals surface area contributed by atoms with E-state index >= 15 is 0 Å². The molecule has 0 unspecified atom stereocenters. The Morgan fingerprint density at radius 2 is 1.88 bits per heavy atom. The number of aromatic nitrogens is 4. The van der Waals surface area contributed by atoms with E-state index in [1.54, 1.807) is 9.58 Å². The van der Waals surface area contributed by atoms with Crippen molar-refractivity contribution < 1.29 is 18.1 Å². The Hall–Kier alpha value is -3.62. The maximum atomic E-state index is 12.7. The van der Waals surface area contributed by atoms with Gasteiger partial charge in [0.25, 0.3) is 12.3 Å². The normalized spacial score (nSPS) is 15.1. The number of likely N-dealkylation sites (tertiary alicyclic amines) is 1. The number of piperidine rings is 1. The summed E-state index contributed by atoms with van der Waals surface area (Å²) in [5.41, 5.74) is 2.17. The average molecular weight is 437 g/mol. The summed E-state index contributed by atoms with van der Waals surface area (Å²) in [6.07, 6.45) is 0.662. The van der Waals surface area contributed by atoms with Gasteiger partial charge in [-0.3, -0.25) is 9.48 Å². The Kier molecular flexibility index (Phi) is 5.16. The number of halogens is 2. The highest BCUT2D eigenvalue weighted by Crippen LogP contribution is 2.30. The van der Waals surface area contributed by atoms with Gasteiger partial charge in [0.1, 0.15) is 0 Å². The van der Waals surface area contributed by atoms with Crippen LogP contribution in [0.15, 0.2) is 53.2 Å². The Morgan fingerprint density at radius 3 is 2.59 bits per heavy atom. The summed E-state index contributed by atoms with van der Waals surface area (Å²) in [5, 5.41) is 9.44. The van der Waals surface area contributed by atoms with E-state index < -0.39 is 6.43 Å². The molecule has 0 atom stereocenters. The van der Waals surface area contributed by atoms with E-state index in [9.17, 15) is 13.6 Å². The van der Waals surface area contributed by atoms with E-state index in [1.807, 2.05) is 31.4 Å². The fourth-order valence-corrected chi connectivity index (χ4v) is 4.08. The topological polar surface area (TPSA) is 77.0 Å². The number of amides is 1. The maximum Gasteiger partial charge on any atom is 0.263 e. The zero-order valence-corrected chi connectivity index (χ0v) is 17.4. The summed E-state index contributed by atoms with van der Waals surface area (Å²) in [6, 6.07) is 11.4. The molecule has 1 aliphatic rings. The molecule has 0 saturated carbocycles. The molecule has 1 aliphatic heterocycles. The van der Waals surface area contributed by atoms with Crippen LogP contribution in [0.1, 0.15) is 47.0 Å². The van der Waals surface area contributed by atoms with Crippen LogP contribution in [-0.2, 0) is 7.05 Å². The van der Waals surface area contributed by atoms with Gasteiger partial charge in [-0.05, 0) is 31.0 Å². The second-order valence-electron chi connectivity index (χ2n) is 7.99. The van der Waals surface area contributed by atoms with Gasteiger partial charge in [-0.25, -0.2) is 8.78 Å². The SMILES string of the molecule is Cn1ncc2ccc(-c3noc(C4CCN(C(=O)c5ccc(C(F)F)cc5)CC4)n3)cc21. The van der Waals surface area contributed by atoms with Crippen molar-refractivity contribution in [3.8, 4) is 11.4 Å². The first kappa shape index (κ1) is 20.3. The highest BCUT2D eigenvalue weighted by molar-refractivity contribution is 5.94. The van der Waals surface area contributed by atoms with Crippen molar-refractivity contribution in [1.82, 2.24) is 24.8 Å². The third-order valence-electron chi connectivity index (χ3n) is 5.99. The lowest BCUT2D eigenvalue weighted by molar-refractivity contribution is 0.0704. The number of hydrogen-bond donors (Lipinski definition) is 0. The molecule has 32 heavy (non-hydrogen) atoms. The van der Waals surface area contributed by atoms with E-state index in [0.717, 1.165) is 16.5 Å². The number of carbonyl (C=O) groups excluding carboxylic acids is 1. The minimum absolute atomic E-state index is 0.0712. The molecule has 0 spiro atoms. The number of aryl methyl sites for hydroxylation is 1. The van der Waals surface area contributed by atoms with Gasteiger partial charge in [0.15, 0.2) is 0 Å². The quantitative estimate of drug-likeness (QED) is 0.467. The van der Waals surface area contributed by atoms with Gasteiger partial charge in [-0.15, -0.1) is 0 Å². The van der Waals surface area contributed by atoms with Crippen LogP contribution < -0.4 is 0 Å². The van der Waals surface area contributed by atoms with Gasteiger partial charge in [0.2, 0.25) is 11.7 Å². The van der Waals surface area contributed by atoms with E-state index in [4.69, 9.17) is 4.52 Å². The predicted molar refractivity (Wildman–Crippen MR) is 113 cm³/mol. The Labute approximate surface area is 182 Å². The lowest BCUT2D eigenvalue weighted by Crippen LogP contribution is -2.38. The van der Waals surface area contributed by atoms with E-state index in [-0.39, 0.29) is 17.4 Å². The molecule has 1 fully saturated rings. The van der Waals surface area contributed by atoms with Gasteiger partial charge in [0.05, 0.1) is 11.7 Å². The first-order valence-corrected chi connectivity index (χ1v) is 10.4. The highest BCUT2D eigenvalue weighted by Gasteiger charge is 2.28. The van der Waals surface area contributed by atoms with Gasteiger partial charge >= 0.3 is 0 Å². The van der Waals surface area contributed by atoms with Crippen LogP contribution >= 0.6 is 0 Å². The number of fused-ring (bicyclic) bond motifs is 1. The summed E-state index contributed by atoms with van der Waals surface area (Å²) in [5.74, 6) is 1.01. The standard InChI is InChI=1S/C23H21F2N5O2/c1-29-19-12-17(6-7-18(19)13-26-29)21-27-22(32-28-21)15-8-10-30(11-9-15)23(31)16-4-2-14(3-5-16)20(24)25/h2-7,12-13,15,20H,8-11H2,1H3. The predicted octanol–water partition coefficient (Wildman–Crippen LogP) is 4.58. The summed E-state index contributed by atoms with van der Waals surface area (Å²) < 4.78 is 32.8. The van der Waals surface area contributed by atoms with Crippen LogP contribution in [0.4, 0.5) is 8.78 Å². The van der Waals surface area contributed by atoms with Crippen LogP contribution in [0.5, 0.6) is 0 Å². The maximum absolute atomic E-state index is 12.7. The minimum Gasteiger partial charge on any atom is -0.339 e. The fourth-order valence-electron chi connectivity index (χ4n) is 4.08. The molecule has 2 aromatic carbocycles. The van der Waals surface area contributed by atoms with Crippen molar-refractivity contribution in [2.75, 3.05) is 13.1 Å². The lowest BCUT2D eigenvalue weighted by Gasteiger charge is -2.30. The zero-order valence-electron chi connectivity index (χ0n) is 17.4. The van der Waals surface area contributed by atoms with Crippen LogP contribution in [0.25, 0.3) is 22.3 Å². The van der Waals surface area contributed by atoms with Crippen molar-refractivity contribution in [2.24, 2.45) is 7.05 Å². The van der Waals surface area contributed by atoms with Gasteiger partial charge in [-0.1, -0.05) is 29.4 Å². The molecule has 4 aromatic rings. The number of carbonyl (C=O) groups is 1. The Morgan fingerprint density at radius 1 is 1.12 bits per heavy atom. The fraction of sp³-hybridized carbons (Fsp3) is 0.304. The molecule has 1 saturated heterocycles. The van der Waals surface area contributed by atoms with Crippen LogP contribution in [0, 0.1) is 0 Å². The summed E-state index contributed by atoms with van der Waals surface area (Å²) in [6.45, 7) is 1.08. The number of rotatable bonds is 4. The van der Waals surface area contributed by atoms with Gasteiger partial charge < -0.3 is 9.42 Å². The molecule has 1 amide bonds. The molecule has 164 valence electrons. The molecule has 0 aliphatic carbocycles. The lowest BCUT2D eigenvalue weighted by atomic mass is 9.96. The summed E-state index contributed by atoms with van der Waals surface area (Å²) >= 11 is 0. The number of benzene rings is 2. The monoisotopic (exact) mass is 437 g/mol. The molecule has 3 heterocycles. The highest BCUT2D eigenvalue weighted by atomic mass is 19.3. The second-order valence-corrected chi connectivity index (χ2v) is 7.99. The van der Waals surface area contributed by atoms with Gasteiger partial charge in [0, 0.05) is 48.1 Å². The van der Waals surface area contributed by atoms with Crippen molar-refractivity contribution in [3.05, 3.63) is 65.7 Å². The van der Waals surface area contributed by atoms with Crippen LogP contribution in [-0.4, -0.2) is 43.8 Å². The van der Waals surface area contributed by atoms with E-state index in [0.29, 0.717) is 43.2 Å². The molecular weight excluding hydrogens is 416 g/mol. The Balaban J connectivity index is 1.25. The molecule has 5 rings (SSSR count). The second kappa shape index (κ2) is 8.14. The van der Waals surface area contributed by atoms with E-state index in [2.05, 4.69) is 15.2 Å². The summed E-state index contributed by atoms with van der Waals surface area (Å²) in [4.78, 5) is 19.0. The minimum atomic E-state index is -2.54. The molecule has 0 N–H and O–H groups in total. The third kappa shape index (κ3) is 3.74. The first-order chi connectivity index (χ1) is 15.5. The number of hydrogen-bond acceptors (Lipinski definition) is 5. The zero-order chi connectivity index (χ0) is 22.2. The number of alkyl halides is 2. The molecular formula is C23H21F2N5O2. The van der Waals surface area contributed by atoms with E-state index in [1.165, 1.54) is 24.3 Å². The smallest absolute Gasteiger partial charge is 0.263 e. The average Bonchev–Trinajstić information content (AvgIpc) is 3.46. The molecule has 7 nitrogen and oxygen atoms in total. The molecule has 0 bridgehead atoms. The van der Waals surface area contributed by atoms with Crippen LogP contribution in [0.2, 0.25) is 0 Å². The van der Waals surface area contributed by atoms with Gasteiger partial charge in [-0.2, -0.15) is 10.1 Å². The third-order valence-corrected chi connectivity index (χ3v) is 5.99. The molecule has 2 aromatic heterocycles. The molecule has 9 heteroatoms. The molecule has 0 radical (unpaired) electrons. The Bertz CT molecular complexity index is 1260. The van der Waals surface area contributed by atoms with Crippen molar-refractivity contribution in [1.29, 1.82) is 0 Å².